The molecule has 0 unspecified atom stereocenters. The van der Waals surface area contributed by atoms with Gasteiger partial charge in [0.15, 0.2) is 5.82 Å². The monoisotopic (exact) mass is 292 g/mol. The Hall–Kier alpha value is -3.28. The van der Waals surface area contributed by atoms with Crippen LogP contribution in [-0.2, 0) is 0 Å². The van der Waals surface area contributed by atoms with Crippen LogP contribution in [0.5, 0.6) is 0 Å². The van der Waals surface area contributed by atoms with Crippen LogP contribution in [0.15, 0.2) is 47.3 Å². The molecule has 0 saturated carbocycles. The molecule has 0 aliphatic carbocycles. The van der Waals surface area contributed by atoms with E-state index in [1.165, 1.54) is 22.8 Å². The van der Waals surface area contributed by atoms with Gasteiger partial charge in [0, 0.05) is 0 Å². The normalized spacial score (nSPS) is 12.3. The first-order valence-electron chi connectivity index (χ1n) is 6.52. The first kappa shape index (κ1) is 12.5. The van der Waals surface area contributed by atoms with E-state index in [9.17, 15) is 14.4 Å². The van der Waals surface area contributed by atoms with E-state index in [2.05, 4.69) is 4.98 Å². The molecule has 1 aliphatic rings. The number of nitrogens with zero attached hydrogens (tertiary/aromatic N) is 2. The minimum Gasteiger partial charge on any atom is -0.478 e. The SMILES string of the molecule is O=C(O)c1ccc2c(c1)C(=O)c1nc3ccccc3c(=O)n1-2. The van der Waals surface area contributed by atoms with Gasteiger partial charge in [-0.05, 0) is 30.3 Å². The summed E-state index contributed by atoms with van der Waals surface area (Å²) in [5.74, 6) is -1.56. The smallest absolute Gasteiger partial charge is 0.335 e. The van der Waals surface area contributed by atoms with E-state index in [0.29, 0.717) is 16.6 Å². The van der Waals surface area contributed by atoms with Crippen molar-refractivity contribution in [2.75, 3.05) is 0 Å². The van der Waals surface area contributed by atoms with Crippen LogP contribution in [0.2, 0.25) is 0 Å². The fourth-order valence-corrected chi connectivity index (χ4v) is 2.67. The van der Waals surface area contributed by atoms with Crippen LogP contribution in [0.25, 0.3) is 16.6 Å². The third-order valence-electron chi connectivity index (χ3n) is 3.71. The lowest BCUT2D eigenvalue weighted by atomic mass is 10.1. The number of carbonyl (C=O) groups excluding carboxylic acids is 1. The van der Waals surface area contributed by atoms with E-state index in [-0.39, 0.29) is 22.5 Å². The number of carboxylic acid groups (broad SMARTS) is 1. The molecule has 0 bridgehead atoms. The van der Waals surface area contributed by atoms with Gasteiger partial charge in [0.1, 0.15) is 0 Å². The topological polar surface area (TPSA) is 89.3 Å². The summed E-state index contributed by atoms with van der Waals surface area (Å²) in [5, 5.41) is 9.44. The van der Waals surface area contributed by atoms with E-state index >= 15 is 0 Å². The number of para-hydroxylation sites is 1. The molecular weight excluding hydrogens is 284 g/mol. The van der Waals surface area contributed by atoms with Crippen LogP contribution in [0.3, 0.4) is 0 Å². The molecule has 22 heavy (non-hydrogen) atoms. The van der Waals surface area contributed by atoms with Crippen molar-refractivity contribution in [3.63, 3.8) is 0 Å². The Kier molecular flexibility index (Phi) is 2.33. The molecule has 2 heterocycles. The second-order valence-electron chi connectivity index (χ2n) is 4.96. The third-order valence-corrected chi connectivity index (χ3v) is 3.71. The van der Waals surface area contributed by atoms with Crippen molar-refractivity contribution in [3.8, 4) is 5.69 Å². The lowest BCUT2D eigenvalue weighted by molar-refractivity contribution is 0.0697. The Morgan fingerprint density at radius 2 is 1.86 bits per heavy atom. The summed E-state index contributed by atoms with van der Waals surface area (Å²) in [7, 11) is 0. The fraction of sp³-hybridized carbons (Fsp3) is 0. The first-order chi connectivity index (χ1) is 10.6. The lowest BCUT2D eigenvalue weighted by Crippen LogP contribution is -2.21. The highest BCUT2D eigenvalue weighted by Crippen LogP contribution is 2.27. The van der Waals surface area contributed by atoms with Gasteiger partial charge in [-0.15, -0.1) is 0 Å². The van der Waals surface area contributed by atoms with Crippen LogP contribution in [0.1, 0.15) is 26.5 Å². The van der Waals surface area contributed by atoms with Gasteiger partial charge in [0.25, 0.3) is 5.56 Å². The highest BCUT2D eigenvalue weighted by molar-refractivity contribution is 6.14. The number of fused-ring (bicyclic) bond motifs is 4. The fourth-order valence-electron chi connectivity index (χ4n) is 2.67. The maximum atomic E-state index is 12.6. The molecule has 3 aromatic rings. The number of ketones is 1. The van der Waals surface area contributed by atoms with E-state index in [1.54, 1.807) is 24.3 Å². The summed E-state index contributed by atoms with van der Waals surface area (Å²) in [6, 6.07) is 10.9. The maximum absolute atomic E-state index is 12.6. The molecule has 6 nitrogen and oxygen atoms in total. The van der Waals surface area contributed by atoms with Crippen LogP contribution in [0.4, 0.5) is 0 Å². The van der Waals surface area contributed by atoms with E-state index in [4.69, 9.17) is 5.11 Å². The van der Waals surface area contributed by atoms with Crippen molar-refractivity contribution >= 4 is 22.7 Å². The minimum atomic E-state index is -1.13. The van der Waals surface area contributed by atoms with Crippen molar-refractivity contribution in [2.24, 2.45) is 0 Å². The Bertz CT molecular complexity index is 1050. The summed E-state index contributed by atoms with van der Waals surface area (Å²) < 4.78 is 1.24. The number of carboxylic acids is 1. The number of hydrogen-bond donors (Lipinski definition) is 1. The van der Waals surface area contributed by atoms with Crippen molar-refractivity contribution in [3.05, 3.63) is 69.8 Å². The Morgan fingerprint density at radius 1 is 1.09 bits per heavy atom. The number of carbonyl (C=O) groups is 2. The number of aromatic nitrogens is 2. The molecule has 0 radical (unpaired) electrons. The van der Waals surface area contributed by atoms with Crippen molar-refractivity contribution in [1.29, 1.82) is 0 Å². The molecule has 2 aromatic carbocycles. The maximum Gasteiger partial charge on any atom is 0.335 e. The summed E-state index contributed by atoms with van der Waals surface area (Å²) in [5.41, 5.74) is 0.653. The van der Waals surface area contributed by atoms with Crippen molar-refractivity contribution in [2.45, 2.75) is 0 Å². The molecular formula is C16H8N2O4. The zero-order valence-corrected chi connectivity index (χ0v) is 11.1. The second kappa shape index (κ2) is 4.11. The number of aromatic carboxylic acids is 1. The zero-order chi connectivity index (χ0) is 15.4. The van der Waals surface area contributed by atoms with Crippen LogP contribution >= 0.6 is 0 Å². The Morgan fingerprint density at radius 3 is 2.64 bits per heavy atom. The molecule has 1 N–H and O–H groups in total. The quantitative estimate of drug-likeness (QED) is 0.576. The third kappa shape index (κ3) is 1.49. The summed E-state index contributed by atoms with van der Waals surface area (Å²) in [6.45, 7) is 0. The van der Waals surface area contributed by atoms with Crippen LogP contribution in [-0.4, -0.2) is 26.4 Å². The van der Waals surface area contributed by atoms with Gasteiger partial charge >= 0.3 is 5.97 Å². The summed E-state index contributed by atoms with van der Waals surface area (Å²) in [4.78, 5) is 40.3. The molecule has 106 valence electrons. The van der Waals surface area contributed by atoms with Gasteiger partial charge in [-0.25, -0.2) is 9.78 Å². The predicted molar refractivity (Wildman–Crippen MR) is 77.7 cm³/mol. The van der Waals surface area contributed by atoms with Crippen molar-refractivity contribution < 1.29 is 14.7 Å². The summed E-state index contributed by atoms with van der Waals surface area (Å²) >= 11 is 0. The standard InChI is InChI=1S/C16H8N2O4/c19-13-10-7-8(16(21)22)5-6-12(10)18-14(13)17-11-4-2-1-3-9(11)15(18)20/h1-7H,(H,21,22). The number of benzene rings is 2. The largest absolute Gasteiger partial charge is 0.478 e. The first-order valence-corrected chi connectivity index (χ1v) is 6.52. The summed E-state index contributed by atoms with van der Waals surface area (Å²) in [6.07, 6.45) is 0. The molecule has 4 rings (SSSR count). The van der Waals surface area contributed by atoms with Gasteiger partial charge in [0.05, 0.1) is 27.7 Å². The number of hydrogen-bond acceptors (Lipinski definition) is 4. The molecule has 6 heteroatoms. The Labute approximate surface area is 123 Å². The molecule has 1 aromatic heterocycles. The highest BCUT2D eigenvalue weighted by atomic mass is 16.4. The highest BCUT2D eigenvalue weighted by Gasteiger charge is 2.30. The van der Waals surface area contributed by atoms with Crippen molar-refractivity contribution in [1.82, 2.24) is 9.55 Å². The van der Waals surface area contributed by atoms with Gasteiger partial charge in [-0.3, -0.25) is 14.2 Å². The average Bonchev–Trinajstić information content (AvgIpc) is 2.80. The molecule has 0 saturated heterocycles. The minimum absolute atomic E-state index is 0.00231. The van der Waals surface area contributed by atoms with Crippen LogP contribution < -0.4 is 5.56 Å². The molecule has 0 atom stereocenters. The van der Waals surface area contributed by atoms with E-state index in [0.717, 1.165) is 0 Å². The van der Waals surface area contributed by atoms with Gasteiger partial charge in [0.2, 0.25) is 5.78 Å². The van der Waals surface area contributed by atoms with Gasteiger partial charge in [-0.2, -0.15) is 0 Å². The second-order valence-corrected chi connectivity index (χ2v) is 4.96. The number of rotatable bonds is 1. The van der Waals surface area contributed by atoms with Gasteiger partial charge < -0.3 is 5.11 Å². The molecule has 0 fully saturated rings. The molecule has 1 aliphatic heterocycles. The Balaban J connectivity index is 2.10. The predicted octanol–water partition coefficient (Wildman–Crippen LogP) is 1.63. The molecule has 0 amide bonds. The molecule has 0 spiro atoms. The van der Waals surface area contributed by atoms with Gasteiger partial charge in [-0.1, -0.05) is 12.1 Å². The zero-order valence-electron chi connectivity index (χ0n) is 11.1. The van der Waals surface area contributed by atoms with Crippen LogP contribution in [0, 0.1) is 0 Å². The van der Waals surface area contributed by atoms with E-state index < -0.39 is 11.8 Å². The lowest BCUT2D eigenvalue weighted by Gasteiger charge is -2.05. The van der Waals surface area contributed by atoms with E-state index in [1.807, 2.05) is 0 Å². The average molecular weight is 292 g/mol.